The largest absolute Gasteiger partial charge is 0.475 e. The van der Waals surface area contributed by atoms with Gasteiger partial charge in [0.25, 0.3) is 11.8 Å². The molecule has 0 radical (unpaired) electrons. The lowest BCUT2D eigenvalue weighted by molar-refractivity contribution is -0.138. The van der Waals surface area contributed by atoms with Crippen LogP contribution in [0.15, 0.2) is 146 Å². The third-order valence-corrected chi connectivity index (χ3v) is 18.8. The highest BCUT2D eigenvalue weighted by Crippen LogP contribution is 2.34. The molecule has 29 heteroatoms. The van der Waals surface area contributed by atoms with Crippen molar-refractivity contribution in [1.82, 2.24) is 79.9 Å². The molecular formula is C75H87ClN18O10. The van der Waals surface area contributed by atoms with E-state index in [2.05, 4.69) is 103 Å². The fourth-order valence-electron chi connectivity index (χ4n) is 12.7. The number of likely N-dealkylation sites (tertiary alicyclic amines) is 1. The minimum atomic E-state index is -1.08. The number of rotatable bonds is 23. The Hall–Kier alpha value is -10.6. The normalized spacial score (nSPS) is 17.3. The number of H-pyrrole nitrogens is 2. The van der Waals surface area contributed by atoms with Gasteiger partial charge in [-0.2, -0.15) is 20.4 Å². The van der Waals surface area contributed by atoms with E-state index >= 15 is 0 Å². The second-order valence-electron chi connectivity index (χ2n) is 25.2. The lowest BCUT2D eigenvalue weighted by atomic mass is 9.98. The number of aromatic amines is 2. The van der Waals surface area contributed by atoms with Crippen LogP contribution in [0.2, 0.25) is 0 Å². The molecular weight excluding hydrogens is 1350 g/mol. The minimum Gasteiger partial charge on any atom is -0.475 e. The van der Waals surface area contributed by atoms with E-state index < -0.39 is 11.2 Å². The molecule has 0 spiro atoms. The molecule has 2 fully saturated rings. The van der Waals surface area contributed by atoms with Gasteiger partial charge in [0.2, 0.25) is 23.6 Å². The molecule has 4 aromatic carbocycles. The molecule has 10 heterocycles. The van der Waals surface area contributed by atoms with Crippen LogP contribution in [0, 0.1) is 0 Å². The number of hydrogen-bond donors (Lipinski definition) is 5. The molecule has 0 unspecified atom stereocenters. The van der Waals surface area contributed by atoms with Crippen LogP contribution in [0.4, 0.5) is 11.4 Å². The second kappa shape index (κ2) is 34.6. The molecule has 2 saturated heterocycles. The van der Waals surface area contributed by atoms with E-state index in [1.807, 2.05) is 96.7 Å². The average Bonchev–Trinajstić information content (AvgIpc) is 1.46. The number of amides is 4. The van der Waals surface area contributed by atoms with Crippen molar-refractivity contribution in [2.45, 2.75) is 44.3 Å². The number of fused-ring (bicyclic) bond motifs is 2. The number of hydrogen-bond acceptors (Lipinski definition) is 20. The summed E-state index contributed by atoms with van der Waals surface area (Å²) in [5.74, 6) is 2.13. The van der Waals surface area contributed by atoms with Crippen molar-refractivity contribution in [1.29, 1.82) is 0 Å². The van der Waals surface area contributed by atoms with E-state index in [0.29, 0.717) is 113 Å². The Morgan fingerprint density at radius 1 is 0.548 bits per heavy atom. The number of carbonyl (C=O) groups is 4. The summed E-state index contributed by atoms with van der Waals surface area (Å²) >= 11 is 5.59. The molecule has 2 atom stereocenters. The Morgan fingerprint density at radius 2 is 1.02 bits per heavy atom. The number of aryl methyl sites for hydroxylation is 2. The summed E-state index contributed by atoms with van der Waals surface area (Å²) in [7, 11) is 10.1. The van der Waals surface area contributed by atoms with E-state index in [1.165, 1.54) is 16.7 Å². The third-order valence-electron chi connectivity index (χ3n) is 18.6. The summed E-state index contributed by atoms with van der Waals surface area (Å²) < 4.78 is 35.8. The highest BCUT2D eigenvalue weighted by Gasteiger charge is 2.46. The first-order chi connectivity index (χ1) is 50.2. The summed E-state index contributed by atoms with van der Waals surface area (Å²) in [5.41, 5.74) is 10.9. The predicted molar refractivity (Wildman–Crippen MR) is 397 cm³/mol. The molecule has 0 bridgehead atoms. The maximum atomic E-state index is 13.7. The van der Waals surface area contributed by atoms with Crippen LogP contribution in [0.1, 0.15) is 44.2 Å². The van der Waals surface area contributed by atoms with E-state index in [1.54, 1.807) is 79.9 Å². The molecule has 28 nitrogen and oxygen atoms in total. The number of nitrogens with zero attached hydrogens (tertiary/aromatic N) is 13. The molecule has 5 N–H and O–H groups in total. The van der Waals surface area contributed by atoms with Crippen molar-refractivity contribution in [3.05, 3.63) is 158 Å². The smallest absolute Gasteiger partial charge is 0.258 e. The summed E-state index contributed by atoms with van der Waals surface area (Å²) in [6.07, 6.45) is 13.8. The van der Waals surface area contributed by atoms with Gasteiger partial charge in [-0.1, -0.05) is 68.1 Å². The lowest BCUT2D eigenvalue weighted by Gasteiger charge is -2.30. The molecule has 14 rings (SSSR count). The zero-order valence-electron chi connectivity index (χ0n) is 58.4. The van der Waals surface area contributed by atoms with Gasteiger partial charge in [-0.15, -0.1) is 11.6 Å². The molecule has 6 aromatic heterocycles. The highest BCUT2D eigenvalue weighted by atomic mass is 35.5. The van der Waals surface area contributed by atoms with Gasteiger partial charge in [-0.3, -0.25) is 43.6 Å². The fraction of sp³-hybridized carbons (Fsp3) is 0.360. The van der Waals surface area contributed by atoms with Crippen LogP contribution in [0.3, 0.4) is 0 Å². The molecule has 4 aliphatic heterocycles. The third kappa shape index (κ3) is 17.7. The quantitative estimate of drug-likeness (QED) is 0.0295. The van der Waals surface area contributed by atoms with Crippen LogP contribution < -0.4 is 25.4 Å². The topological polar surface area (TPSA) is 314 Å². The maximum absolute atomic E-state index is 13.7. The molecule has 0 aliphatic carbocycles. The monoisotopic (exact) mass is 1430 g/mol. The van der Waals surface area contributed by atoms with E-state index in [9.17, 15) is 19.2 Å². The van der Waals surface area contributed by atoms with Gasteiger partial charge in [-0.05, 0) is 103 Å². The van der Waals surface area contributed by atoms with Crippen molar-refractivity contribution in [2.24, 2.45) is 14.1 Å². The summed E-state index contributed by atoms with van der Waals surface area (Å²) in [6.45, 7) is 6.73. The van der Waals surface area contributed by atoms with E-state index in [0.717, 1.165) is 87.1 Å². The molecule has 0 saturated carbocycles. The maximum Gasteiger partial charge on any atom is 0.258 e. The molecule has 4 amide bonds. The Bertz CT molecular complexity index is 4630. The zero-order chi connectivity index (χ0) is 71.9. The van der Waals surface area contributed by atoms with Crippen molar-refractivity contribution in [3.63, 3.8) is 0 Å². The average molecular weight is 1440 g/mol. The lowest BCUT2D eigenvalue weighted by Crippen LogP contribution is -2.48. The van der Waals surface area contributed by atoms with Crippen molar-refractivity contribution < 1.29 is 47.6 Å². The van der Waals surface area contributed by atoms with Gasteiger partial charge < -0.3 is 54.2 Å². The van der Waals surface area contributed by atoms with Crippen LogP contribution in [-0.2, 0) is 52.2 Å². The second-order valence-corrected chi connectivity index (χ2v) is 25.5. The van der Waals surface area contributed by atoms with Crippen LogP contribution in [0.25, 0.3) is 78.2 Å². The molecule has 544 valence electrons. The van der Waals surface area contributed by atoms with Gasteiger partial charge in [0.05, 0.1) is 30.8 Å². The summed E-state index contributed by atoms with van der Waals surface area (Å²) in [4.78, 5) is 74.4. The zero-order valence-corrected chi connectivity index (χ0v) is 59.1. The number of halogens is 1. The Balaban J connectivity index is 0.000000172. The molecule has 104 heavy (non-hydrogen) atoms. The Kier molecular flexibility index (Phi) is 24.8. The summed E-state index contributed by atoms with van der Waals surface area (Å²) in [5, 5.41) is 34.6. The number of benzene rings is 4. The van der Waals surface area contributed by atoms with E-state index in [-0.39, 0.29) is 43.5 Å². The number of aromatic nitrogens is 12. The number of anilines is 2. The van der Waals surface area contributed by atoms with Gasteiger partial charge in [-0.25, -0.2) is 19.9 Å². The number of nitrogens with one attached hydrogen (secondary N) is 5. The van der Waals surface area contributed by atoms with Gasteiger partial charge >= 0.3 is 0 Å². The fourth-order valence-corrected chi connectivity index (χ4v) is 12.8. The van der Waals surface area contributed by atoms with Crippen molar-refractivity contribution >= 4 is 79.6 Å². The number of pyridine rings is 2. The van der Waals surface area contributed by atoms with Gasteiger partial charge in [0.1, 0.15) is 43.1 Å². The van der Waals surface area contributed by atoms with Crippen molar-refractivity contribution in [2.75, 3.05) is 130 Å². The standard InChI is InChI=1S/C37H41N9O5.C21H25N5O4.C16H17ClN4O.CH4/c1-44-24-39-35(43-44)27-6-4-25(5-7-27)26-12-15-46(16-13-26)33(47)22-45-17-14-37(23-45,50-3)36(48)40-29-9-10-31-30(20-29)34(42-41-31)28-8-11-32(38-21-28)51-19-18-49-2;1-28-9-10-30-18-6-3-14(12-23-18)19-16-11-15(4-5-17(16)25-26-19)24-20(27)21(29-2)7-8-22-13-21;1-20-11-18-16(19-20)14-4-2-12(3-5-14)13-6-8-21(9-7-13)15(22)10-17;/h4-12,20-21,24H,13-19,22-23H2,1-3H3,(H,40,48)(H,41,42);3-6,11-12,22H,7-10,13H2,1-2H3,(H,24,27)(H,25,26);2-6,11H,7-10H2,1H3;1H4/t37-;21-;;/m00../s1. The number of ether oxygens (including phenoxy) is 6. The highest BCUT2D eigenvalue weighted by molar-refractivity contribution is 6.27. The van der Waals surface area contributed by atoms with Crippen molar-refractivity contribution in [3.8, 4) is 57.1 Å². The van der Waals surface area contributed by atoms with Gasteiger partial charge in [0.15, 0.2) is 22.9 Å². The Morgan fingerprint density at radius 3 is 1.42 bits per heavy atom. The predicted octanol–water partition coefficient (Wildman–Crippen LogP) is 8.73. The van der Waals surface area contributed by atoms with Crippen LogP contribution in [-0.4, -0.2) is 229 Å². The first-order valence-electron chi connectivity index (χ1n) is 33.9. The first kappa shape index (κ1) is 74.6. The SMILES string of the molecule is C.COCCOc1ccc(-c2n[nH]c3ccc(NC(=O)[C@]4(OC)CCN(CC(=O)N5CC=C(c6ccc(-c7ncn(C)n7)cc6)CC5)C4)cc23)cn1.COCCOc1ccc(-c2n[nH]c3ccc(NC(=O)[C@]4(OC)CCNC4)cc23)cn1.Cn1cnc(-c2ccc(C3=CCN(C(=O)CCl)CC3)cc2)n1. The number of alkyl halides is 1. The number of methoxy groups -OCH3 is 4. The first-order valence-corrected chi connectivity index (χ1v) is 34.4. The molecule has 4 aliphatic rings. The van der Waals surface area contributed by atoms with Crippen LogP contribution >= 0.6 is 11.6 Å². The van der Waals surface area contributed by atoms with E-state index in [4.69, 9.17) is 40.0 Å². The minimum absolute atomic E-state index is 0. The van der Waals surface area contributed by atoms with Crippen LogP contribution in [0.5, 0.6) is 11.8 Å². The Labute approximate surface area is 607 Å². The molecule has 10 aromatic rings. The summed E-state index contributed by atoms with van der Waals surface area (Å²) in [6, 6.07) is 35.1. The number of carbonyl (C=O) groups excluding carboxylic acids is 4. The van der Waals surface area contributed by atoms with Gasteiger partial charge in [0, 0.05) is 157 Å².